The summed E-state index contributed by atoms with van der Waals surface area (Å²) in [5, 5.41) is 2.50. The number of methoxy groups -OCH3 is 1. The second-order valence-electron chi connectivity index (χ2n) is 5.18. The van der Waals surface area contributed by atoms with Crippen molar-refractivity contribution in [1.29, 1.82) is 0 Å². The highest BCUT2D eigenvalue weighted by Gasteiger charge is 2.10. The van der Waals surface area contributed by atoms with Gasteiger partial charge in [-0.3, -0.25) is 9.59 Å². The number of halogens is 2. The molecule has 2 aromatic carbocycles. The van der Waals surface area contributed by atoms with Crippen molar-refractivity contribution in [2.24, 2.45) is 0 Å². The van der Waals surface area contributed by atoms with E-state index in [0.29, 0.717) is 22.2 Å². The van der Waals surface area contributed by atoms with Gasteiger partial charge in [-0.15, -0.1) is 0 Å². The Morgan fingerprint density at radius 1 is 1.12 bits per heavy atom. The smallest absolute Gasteiger partial charge is 0.224 e. The average Bonchev–Trinajstić information content (AvgIpc) is 2.57. The molecule has 24 heavy (non-hydrogen) atoms. The van der Waals surface area contributed by atoms with E-state index in [9.17, 15) is 14.0 Å². The minimum absolute atomic E-state index is 0.0414. The summed E-state index contributed by atoms with van der Waals surface area (Å²) in [6.45, 7) is 0. The summed E-state index contributed by atoms with van der Waals surface area (Å²) in [5.74, 6) is -0.187. The van der Waals surface area contributed by atoms with E-state index in [2.05, 4.69) is 21.2 Å². The second-order valence-corrected chi connectivity index (χ2v) is 6.09. The Morgan fingerprint density at radius 3 is 2.46 bits per heavy atom. The molecule has 126 valence electrons. The molecule has 6 heteroatoms. The average molecular weight is 394 g/mol. The maximum atomic E-state index is 13.6. The molecule has 0 saturated heterocycles. The van der Waals surface area contributed by atoms with Gasteiger partial charge in [0.25, 0.3) is 0 Å². The molecule has 0 unspecified atom stereocenters. The predicted octanol–water partition coefficient (Wildman–Crippen LogP) is 4.59. The number of hydrogen-bond acceptors (Lipinski definition) is 3. The maximum absolute atomic E-state index is 13.6. The van der Waals surface area contributed by atoms with Gasteiger partial charge in [-0.2, -0.15) is 0 Å². The van der Waals surface area contributed by atoms with E-state index in [1.807, 2.05) is 0 Å². The standard InChI is InChI=1S/C18H17BrFNO3/c1-24-14-8-5-12(6-9-14)17(22)3-2-4-18(23)21-16-10-7-13(19)11-15(16)20/h5-11H,2-4H2,1H3,(H,21,23). The Labute approximate surface area is 148 Å². The number of benzene rings is 2. The van der Waals surface area contributed by atoms with Crippen molar-refractivity contribution >= 4 is 33.3 Å². The molecule has 0 fully saturated rings. The Hall–Kier alpha value is -2.21. The summed E-state index contributed by atoms with van der Waals surface area (Å²) < 4.78 is 19.3. The second kappa shape index (κ2) is 8.59. The first-order chi connectivity index (χ1) is 11.5. The lowest BCUT2D eigenvalue weighted by atomic mass is 10.1. The normalized spacial score (nSPS) is 10.3. The number of rotatable bonds is 7. The van der Waals surface area contributed by atoms with Crippen molar-refractivity contribution in [2.75, 3.05) is 12.4 Å². The van der Waals surface area contributed by atoms with Crippen LogP contribution in [0.15, 0.2) is 46.9 Å². The SMILES string of the molecule is COc1ccc(C(=O)CCCC(=O)Nc2ccc(Br)cc2F)cc1. The van der Waals surface area contributed by atoms with Gasteiger partial charge in [-0.05, 0) is 48.9 Å². The van der Waals surface area contributed by atoms with E-state index >= 15 is 0 Å². The van der Waals surface area contributed by atoms with E-state index in [0.717, 1.165) is 0 Å². The zero-order valence-corrected chi connectivity index (χ0v) is 14.7. The van der Waals surface area contributed by atoms with Crippen molar-refractivity contribution in [2.45, 2.75) is 19.3 Å². The van der Waals surface area contributed by atoms with E-state index in [4.69, 9.17) is 4.74 Å². The molecule has 0 spiro atoms. The zero-order valence-electron chi connectivity index (χ0n) is 13.1. The molecule has 4 nitrogen and oxygen atoms in total. The van der Waals surface area contributed by atoms with Gasteiger partial charge < -0.3 is 10.1 Å². The Morgan fingerprint density at radius 2 is 1.83 bits per heavy atom. The van der Waals surface area contributed by atoms with E-state index in [-0.39, 0.29) is 30.2 Å². The molecule has 0 radical (unpaired) electrons. The van der Waals surface area contributed by atoms with Crippen molar-refractivity contribution in [1.82, 2.24) is 0 Å². The third kappa shape index (κ3) is 5.16. The summed E-state index contributed by atoms with van der Waals surface area (Å²) in [4.78, 5) is 23.9. The van der Waals surface area contributed by atoms with E-state index in [1.165, 1.54) is 12.1 Å². The van der Waals surface area contributed by atoms with Gasteiger partial charge in [-0.1, -0.05) is 15.9 Å². The minimum atomic E-state index is -0.507. The summed E-state index contributed by atoms with van der Waals surface area (Å²) >= 11 is 3.15. The number of ether oxygens (including phenoxy) is 1. The molecule has 0 aromatic heterocycles. The van der Waals surface area contributed by atoms with Crippen molar-refractivity contribution in [3.05, 3.63) is 58.3 Å². The summed E-state index contributed by atoms with van der Waals surface area (Å²) in [6, 6.07) is 11.2. The Bertz CT molecular complexity index is 732. The van der Waals surface area contributed by atoms with Crippen molar-refractivity contribution < 1.29 is 18.7 Å². The lowest BCUT2D eigenvalue weighted by Gasteiger charge is -2.07. The van der Waals surface area contributed by atoms with Crippen LogP contribution in [0, 0.1) is 5.82 Å². The Kier molecular flexibility index (Phi) is 6.49. The first-order valence-corrected chi connectivity index (χ1v) is 8.21. The monoisotopic (exact) mass is 393 g/mol. The van der Waals surface area contributed by atoms with Gasteiger partial charge in [0.1, 0.15) is 11.6 Å². The van der Waals surface area contributed by atoms with Crippen LogP contribution in [-0.4, -0.2) is 18.8 Å². The van der Waals surface area contributed by atoms with Crippen LogP contribution < -0.4 is 10.1 Å². The fraction of sp³-hybridized carbons (Fsp3) is 0.222. The lowest BCUT2D eigenvalue weighted by Crippen LogP contribution is -2.13. The zero-order chi connectivity index (χ0) is 17.5. The molecular weight excluding hydrogens is 377 g/mol. The highest BCUT2D eigenvalue weighted by atomic mass is 79.9. The molecule has 0 bridgehead atoms. The molecule has 2 aromatic rings. The van der Waals surface area contributed by atoms with Crippen LogP contribution in [0.1, 0.15) is 29.6 Å². The molecule has 1 amide bonds. The summed E-state index contributed by atoms with van der Waals surface area (Å²) in [6.07, 6.45) is 0.800. The molecule has 1 N–H and O–H groups in total. The number of ketones is 1. The number of Topliss-reactive ketones (excluding diaryl/α,β-unsaturated/α-hetero) is 1. The fourth-order valence-corrected chi connectivity index (χ4v) is 2.47. The van der Waals surface area contributed by atoms with Gasteiger partial charge in [0.2, 0.25) is 5.91 Å². The topological polar surface area (TPSA) is 55.4 Å². The third-order valence-electron chi connectivity index (χ3n) is 3.42. The first-order valence-electron chi connectivity index (χ1n) is 7.42. The predicted molar refractivity (Wildman–Crippen MR) is 93.9 cm³/mol. The van der Waals surface area contributed by atoms with Gasteiger partial charge >= 0.3 is 0 Å². The largest absolute Gasteiger partial charge is 0.497 e. The summed E-state index contributed by atoms with van der Waals surface area (Å²) in [7, 11) is 1.56. The van der Waals surface area contributed by atoms with Crippen LogP contribution in [-0.2, 0) is 4.79 Å². The Balaban J connectivity index is 1.80. The van der Waals surface area contributed by atoms with Crippen LogP contribution in [0.3, 0.4) is 0 Å². The van der Waals surface area contributed by atoms with Gasteiger partial charge in [-0.25, -0.2) is 4.39 Å². The highest BCUT2D eigenvalue weighted by Crippen LogP contribution is 2.20. The van der Waals surface area contributed by atoms with Crippen LogP contribution in [0.4, 0.5) is 10.1 Å². The molecule has 0 aliphatic carbocycles. The van der Waals surface area contributed by atoms with E-state index < -0.39 is 5.82 Å². The fourth-order valence-electron chi connectivity index (χ4n) is 2.13. The number of hydrogen-bond donors (Lipinski definition) is 1. The molecular formula is C18H17BrFNO3. The van der Waals surface area contributed by atoms with Crippen LogP contribution in [0.5, 0.6) is 5.75 Å². The lowest BCUT2D eigenvalue weighted by molar-refractivity contribution is -0.116. The quantitative estimate of drug-likeness (QED) is 0.699. The number of amides is 1. The number of carbonyl (C=O) groups is 2. The van der Waals surface area contributed by atoms with Gasteiger partial charge in [0, 0.05) is 22.9 Å². The van der Waals surface area contributed by atoms with Crippen LogP contribution in [0.25, 0.3) is 0 Å². The van der Waals surface area contributed by atoms with Gasteiger partial charge in [0.05, 0.1) is 12.8 Å². The van der Waals surface area contributed by atoms with Crippen LogP contribution >= 0.6 is 15.9 Å². The molecule has 0 heterocycles. The molecule has 0 aliphatic rings. The molecule has 0 aliphatic heterocycles. The highest BCUT2D eigenvalue weighted by molar-refractivity contribution is 9.10. The molecule has 2 rings (SSSR count). The molecule has 0 atom stereocenters. The maximum Gasteiger partial charge on any atom is 0.224 e. The first kappa shape index (κ1) is 18.1. The van der Waals surface area contributed by atoms with E-state index in [1.54, 1.807) is 37.4 Å². The van der Waals surface area contributed by atoms with Gasteiger partial charge in [0.15, 0.2) is 5.78 Å². The minimum Gasteiger partial charge on any atom is -0.497 e. The summed E-state index contributed by atoms with van der Waals surface area (Å²) in [5.41, 5.74) is 0.708. The molecule has 0 saturated carbocycles. The third-order valence-corrected chi connectivity index (χ3v) is 3.92. The number of nitrogens with one attached hydrogen (secondary N) is 1. The van der Waals surface area contributed by atoms with Crippen molar-refractivity contribution in [3.8, 4) is 5.75 Å². The van der Waals surface area contributed by atoms with Crippen molar-refractivity contribution in [3.63, 3.8) is 0 Å². The van der Waals surface area contributed by atoms with Crippen LogP contribution in [0.2, 0.25) is 0 Å². The number of anilines is 1. The number of carbonyl (C=O) groups excluding carboxylic acids is 2.